The van der Waals surface area contributed by atoms with Crippen LogP contribution in [0.1, 0.15) is 126 Å². The van der Waals surface area contributed by atoms with Crippen molar-refractivity contribution in [1.82, 2.24) is 0 Å². The molecule has 236 valence electrons. The first-order chi connectivity index (χ1) is 20.2. The van der Waals surface area contributed by atoms with Gasteiger partial charge < -0.3 is 19.5 Å². The number of aliphatic hydroxyl groups excluding tert-OH is 1. The average molecular weight is 602 g/mol. The number of hydrogen-bond acceptors (Lipinski definition) is 8. The predicted molar refractivity (Wildman–Crippen MR) is 176 cm³/mol. The molecule has 2 aromatic rings. The van der Waals surface area contributed by atoms with Gasteiger partial charge in [-0.05, 0) is 81.7 Å². The molecule has 42 heavy (non-hydrogen) atoms. The van der Waals surface area contributed by atoms with Crippen molar-refractivity contribution in [2.75, 3.05) is 31.2 Å². The third-order valence-corrected chi connectivity index (χ3v) is 9.24. The van der Waals surface area contributed by atoms with Gasteiger partial charge in [0.1, 0.15) is 5.56 Å². The van der Waals surface area contributed by atoms with Crippen molar-refractivity contribution in [3.05, 3.63) is 39.8 Å². The molecule has 1 aromatic heterocycles. The molecule has 0 amide bonds. The first-order valence-electron chi connectivity index (χ1n) is 16.1. The van der Waals surface area contributed by atoms with E-state index >= 15 is 0 Å². The summed E-state index contributed by atoms with van der Waals surface area (Å²) in [6.45, 7) is 19.3. The number of carbonyl (C=O) groups excluding carboxylic acids is 1. The number of ether oxygens (including phenoxy) is 2. The van der Waals surface area contributed by atoms with Crippen molar-refractivity contribution in [1.29, 1.82) is 0 Å². The Labute approximate surface area is 258 Å². The highest BCUT2D eigenvalue weighted by atomic mass is 32.1. The molecule has 0 aliphatic heterocycles. The zero-order valence-corrected chi connectivity index (χ0v) is 28.2. The number of thiophene rings is 1. The second-order valence-corrected chi connectivity index (χ2v) is 12.2. The van der Waals surface area contributed by atoms with Crippen molar-refractivity contribution in [3.63, 3.8) is 0 Å². The standard InChI is InChI=1S/C34H55N3O4S/c1-9-15-17-26(11-3)22-37(23-27(12-4)18-16-10-2)28-19-20-29(24(7)21-28)35-36-32-30(33(38)40-13-5)25(8)31(42-32)34(39)41-14-6/h19-21,26-27,34,39H,9-18,22-23H2,1-8H3. The van der Waals surface area contributed by atoms with Crippen LogP contribution in [0.4, 0.5) is 16.4 Å². The summed E-state index contributed by atoms with van der Waals surface area (Å²) in [7, 11) is 0. The van der Waals surface area contributed by atoms with Gasteiger partial charge in [0.25, 0.3) is 0 Å². The third kappa shape index (κ3) is 10.5. The van der Waals surface area contributed by atoms with Gasteiger partial charge in [0.15, 0.2) is 11.3 Å². The number of azo groups is 1. The summed E-state index contributed by atoms with van der Waals surface area (Å²) in [5.74, 6) is 0.885. The Kier molecular flexibility index (Phi) is 16.3. The lowest BCUT2D eigenvalue weighted by molar-refractivity contribution is -0.0958. The number of esters is 1. The van der Waals surface area contributed by atoms with Gasteiger partial charge in [-0.3, -0.25) is 0 Å². The van der Waals surface area contributed by atoms with E-state index < -0.39 is 12.3 Å². The van der Waals surface area contributed by atoms with Crippen LogP contribution in [0.25, 0.3) is 0 Å². The lowest BCUT2D eigenvalue weighted by Crippen LogP contribution is -2.34. The molecule has 0 spiro atoms. The number of aryl methyl sites for hydroxylation is 1. The SMILES string of the molecule is CCCCC(CC)CN(CC(CC)CCCC)c1ccc(N=Nc2sc(C(O)OCC)c(C)c2C(=O)OCC)c(C)c1. The molecule has 0 bridgehead atoms. The maximum atomic E-state index is 12.8. The summed E-state index contributed by atoms with van der Waals surface area (Å²) in [4.78, 5) is 15.9. The van der Waals surface area contributed by atoms with Gasteiger partial charge in [0.2, 0.25) is 0 Å². The highest BCUT2D eigenvalue weighted by molar-refractivity contribution is 7.16. The van der Waals surface area contributed by atoms with Crippen LogP contribution < -0.4 is 4.90 Å². The molecule has 0 saturated heterocycles. The van der Waals surface area contributed by atoms with Crippen LogP contribution in [0.5, 0.6) is 0 Å². The van der Waals surface area contributed by atoms with Gasteiger partial charge in [-0.1, -0.05) is 66.2 Å². The van der Waals surface area contributed by atoms with Crippen molar-refractivity contribution in [2.45, 2.75) is 113 Å². The molecule has 0 aliphatic carbocycles. The van der Waals surface area contributed by atoms with Crippen molar-refractivity contribution < 1.29 is 19.4 Å². The van der Waals surface area contributed by atoms with Crippen LogP contribution in [0.15, 0.2) is 28.4 Å². The van der Waals surface area contributed by atoms with Crippen LogP contribution in [0.2, 0.25) is 0 Å². The molecular formula is C34H55N3O4S. The summed E-state index contributed by atoms with van der Waals surface area (Å²) < 4.78 is 10.7. The molecule has 1 aromatic carbocycles. The minimum atomic E-state index is -1.13. The van der Waals surface area contributed by atoms with Crippen LogP contribution in [0, 0.1) is 25.7 Å². The number of rotatable bonds is 20. The van der Waals surface area contributed by atoms with Crippen LogP contribution in [0.3, 0.4) is 0 Å². The number of aliphatic hydroxyl groups is 1. The van der Waals surface area contributed by atoms with Crippen LogP contribution in [-0.2, 0) is 9.47 Å². The van der Waals surface area contributed by atoms with E-state index in [4.69, 9.17) is 9.47 Å². The Balaban J connectivity index is 2.41. The molecule has 0 fully saturated rings. The fourth-order valence-electron chi connectivity index (χ4n) is 5.29. The molecule has 0 radical (unpaired) electrons. The molecule has 3 unspecified atom stereocenters. The number of nitrogens with zero attached hydrogens (tertiary/aromatic N) is 3. The third-order valence-electron chi connectivity index (χ3n) is 8.03. The highest BCUT2D eigenvalue weighted by Gasteiger charge is 2.26. The summed E-state index contributed by atoms with van der Waals surface area (Å²) in [5.41, 5.74) is 3.96. The maximum absolute atomic E-state index is 12.8. The maximum Gasteiger partial charge on any atom is 0.341 e. The fraction of sp³-hybridized carbons (Fsp3) is 0.676. The first kappa shape index (κ1) is 35.9. The predicted octanol–water partition coefficient (Wildman–Crippen LogP) is 10.2. The Bertz CT molecular complexity index is 1100. The van der Waals surface area contributed by atoms with E-state index in [9.17, 15) is 9.90 Å². The van der Waals surface area contributed by atoms with Crippen molar-refractivity contribution >= 4 is 33.7 Å². The van der Waals surface area contributed by atoms with E-state index in [1.807, 2.05) is 13.0 Å². The van der Waals surface area contributed by atoms with Gasteiger partial charge >= 0.3 is 5.97 Å². The number of hydrogen-bond donors (Lipinski definition) is 1. The molecule has 2 rings (SSSR count). The Morgan fingerprint density at radius 1 is 0.929 bits per heavy atom. The molecule has 0 aliphatic rings. The van der Waals surface area contributed by atoms with Gasteiger partial charge in [-0.2, -0.15) is 0 Å². The summed E-state index contributed by atoms with van der Waals surface area (Å²) in [6.07, 6.45) is 8.81. The van der Waals surface area contributed by atoms with E-state index in [0.29, 0.717) is 39.4 Å². The number of benzene rings is 1. The summed E-state index contributed by atoms with van der Waals surface area (Å²) in [5, 5.41) is 19.9. The van der Waals surface area contributed by atoms with Gasteiger partial charge in [0.05, 0.1) is 17.2 Å². The number of anilines is 1. The molecule has 3 atom stereocenters. The van der Waals surface area contributed by atoms with E-state index in [1.54, 1.807) is 13.8 Å². The smallest absolute Gasteiger partial charge is 0.341 e. The van der Waals surface area contributed by atoms with Crippen LogP contribution in [-0.4, -0.2) is 37.4 Å². The second-order valence-electron chi connectivity index (χ2n) is 11.2. The first-order valence-corrected chi connectivity index (χ1v) is 16.9. The zero-order valence-electron chi connectivity index (χ0n) is 27.4. The highest BCUT2D eigenvalue weighted by Crippen LogP contribution is 2.40. The monoisotopic (exact) mass is 601 g/mol. The lowest BCUT2D eigenvalue weighted by atomic mass is 9.95. The van der Waals surface area contributed by atoms with E-state index in [0.717, 1.165) is 24.3 Å². The van der Waals surface area contributed by atoms with Crippen molar-refractivity contribution in [3.8, 4) is 0 Å². The Morgan fingerprint density at radius 2 is 1.55 bits per heavy atom. The fourth-order valence-corrected chi connectivity index (χ4v) is 6.34. The molecule has 7 nitrogen and oxygen atoms in total. The second kappa shape index (κ2) is 19.1. The summed E-state index contributed by atoms with van der Waals surface area (Å²) in [6, 6.07) is 6.42. The molecule has 8 heteroatoms. The Hall–Kier alpha value is -2.29. The topological polar surface area (TPSA) is 83.7 Å². The van der Waals surface area contributed by atoms with E-state index in [-0.39, 0.29) is 6.61 Å². The van der Waals surface area contributed by atoms with Crippen molar-refractivity contribution in [2.24, 2.45) is 22.1 Å². The largest absolute Gasteiger partial charge is 0.462 e. The minimum absolute atomic E-state index is 0.250. The normalized spacial score (nSPS) is 13.8. The Morgan fingerprint density at radius 3 is 2.05 bits per heavy atom. The van der Waals surface area contributed by atoms with E-state index in [1.165, 1.54) is 68.4 Å². The molecule has 1 heterocycles. The van der Waals surface area contributed by atoms with Gasteiger partial charge in [0, 0.05) is 25.4 Å². The average Bonchev–Trinajstić information content (AvgIpc) is 3.31. The molecule has 0 saturated carbocycles. The number of carbonyl (C=O) groups is 1. The summed E-state index contributed by atoms with van der Waals surface area (Å²) >= 11 is 1.21. The zero-order chi connectivity index (χ0) is 31.1. The number of unbranched alkanes of at least 4 members (excludes halogenated alkanes) is 2. The minimum Gasteiger partial charge on any atom is -0.462 e. The molecule has 1 N–H and O–H groups in total. The van der Waals surface area contributed by atoms with Gasteiger partial charge in [-0.15, -0.1) is 21.6 Å². The molecular weight excluding hydrogens is 546 g/mol. The lowest BCUT2D eigenvalue weighted by Gasteiger charge is -2.33. The van der Waals surface area contributed by atoms with Gasteiger partial charge in [-0.25, -0.2) is 4.79 Å². The van der Waals surface area contributed by atoms with E-state index in [2.05, 4.69) is 61.9 Å². The quantitative estimate of drug-likeness (QED) is 0.0927. The van der Waals surface area contributed by atoms with Crippen LogP contribution >= 0.6 is 11.3 Å².